The second-order valence-corrected chi connectivity index (χ2v) is 18.1. The minimum absolute atomic E-state index is 0.102. The Hall–Kier alpha value is -4.10. The first kappa shape index (κ1) is 43.0. The van der Waals surface area contributed by atoms with E-state index in [4.69, 9.17) is 0 Å². The van der Waals surface area contributed by atoms with Crippen LogP contribution in [0.5, 0.6) is 0 Å². The third-order valence-electron chi connectivity index (χ3n) is 16.2. The molecule has 0 saturated carbocycles. The minimum Gasteiger partial charge on any atom is -0.309 e. The second kappa shape index (κ2) is 15.0. The predicted octanol–water partition coefficient (Wildman–Crippen LogP) is 15.7. The van der Waals surface area contributed by atoms with Crippen LogP contribution in [0, 0.1) is 166 Å². The van der Waals surface area contributed by atoms with E-state index < -0.39 is 0 Å². The predicted molar refractivity (Wildman–Crippen MR) is 249 cm³/mol. The van der Waals surface area contributed by atoms with Gasteiger partial charge < -0.3 is 4.90 Å². The molecule has 0 aliphatic heterocycles. The van der Waals surface area contributed by atoms with E-state index in [1.54, 1.807) is 0 Å². The van der Waals surface area contributed by atoms with Crippen LogP contribution in [-0.4, -0.2) is 0 Å². The summed E-state index contributed by atoms with van der Waals surface area (Å²) in [4.78, 5) is 2.71. The van der Waals surface area contributed by atoms with Crippen molar-refractivity contribution < 1.29 is 0 Å². The molecule has 5 rings (SSSR count). The van der Waals surface area contributed by atoms with Gasteiger partial charge in [0.15, 0.2) is 0 Å². The molecule has 0 saturated heterocycles. The minimum atomic E-state index is 0.102. The molecule has 0 heterocycles. The number of nitrogens with zero attached hydrogens (tertiary/aromatic N) is 1. The molecule has 0 amide bonds. The lowest BCUT2D eigenvalue weighted by atomic mass is 9.70. The molecule has 0 N–H and O–H groups in total. The van der Waals surface area contributed by atoms with Crippen LogP contribution in [0.15, 0.2) is 0 Å². The van der Waals surface area contributed by atoms with E-state index in [0.717, 1.165) is 0 Å². The summed E-state index contributed by atoms with van der Waals surface area (Å²) in [5, 5.41) is 0. The van der Waals surface area contributed by atoms with Crippen LogP contribution in [0.3, 0.4) is 0 Å². The number of hydrogen-bond acceptors (Lipinski definition) is 1. The molecule has 0 aromatic heterocycles. The number of anilines is 3. The fourth-order valence-corrected chi connectivity index (χ4v) is 10.4. The molecule has 56 heavy (non-hydrogen) atoms. The normalized spacial score (nSPS) is 11.7. The summed E-state index contributed by atoms with van der Waals surface area (Å²) in [5.74, 6) is 0.102. The molecule has 0 unspecified atom stereocenters. The molecule has 298 valence electrons. The van der Waals surface area contributed by atoms with Gasteiger partial charge in [0.05, 0.1) is 17.1 Å². The van der Waals surface area contributed by atoms with Gasteiger partial charge in [-0.25, -0.2) is 0 Å². The van der Waals surface area contributed by atoms with Crippen LogP contribution in [0.25, 0.3) is 0 Å². The molecular formula is C55H73N. The average Bonchev–Trinajstić information content (AvgIpc) is 3.16. The number of benzene rings is 5. The van der Waals surface area contributed by atoms with Crippen molar-refractivity contribution in [3.63, 3.8) is 0 Å². The second-order valence-electron chi connectivity index (χ2n) is 18.1. The Bertz CT molecular complexity index is 2040. The first-order valence-electron chi connectivity index (χ1n) is 21.0. The molecule has 0 aliphatic carbocycles. The van der Waals surface area contributed by atoms with Crippen LogP contribution in [0.1, 0.15) is 156 Å². The van der Waals surface area contributed by atoms with Gasteiger partial charge in [-0.1, -0.05) is 0 Å². The van der Waals surface area contributed by atoms with Crippen LogP contribution < -0.4 is 4.90 Å². The third-order valence-corrected chi connectivity index (χ3v) is 16.2. The molecular weight excluding hydrogens is 675 g/mol. The van der Waals surface area contributed by atoms with Crippen LogP contribution in [0.2, 0.25) is 0 Å². The Morgan fingerprint density at radius 3 is 0.500 bits per heavy atom. The monoisotopic (exact) mass is 748 g/mol. The van der Waals surface area contributed by atoms with Crippen molar-refractivity contribution in [1.29, 1.82) is 0 Å². The summed E-state index contributed by atoms with van der Waals surface area (Å²) in [5.41, 5.74) is 42.0. The zero-order valence-electron chi connectivity index (χ0n) is 40.0. The molecule has 0 atom stereocenters. The van der Waals surface area contributed by atoms with Gasteiger partial charge in [0, 0.05) is 5.92 Å². The molecule has 1 nitrogen and oxygen atoms in total. The van der Waals surface area contributed by atoms with E-state index in [2.05, 4.69) is 171 Å². The van der Waals surface area contributed by atoms with Crippen molar-refractivity contribution in [1.82, 2.24) is 0 Å². The molecule has 0 aliphatic rings. The lowest BCUT2D eigenvalue weighted by Crippen LogP contribution is -2.23. The summed E-state index contributed by atoms with van der Waals surface area (Å²) < 4.78 is 0. The van der Waals surface area contributed by atoms with Crippen LogP contribution in [-0.2, 0) is 0 Å². The van der Waals surface area contributed by atoms with Gasteiger partial charge in [-0.15, -0.1) is 0 Å². The maximum absolute atomic E-state index is 2.71. The quantitative estimate of drug-likeness (QED) is 0.156. The van der Waals surface area contributed by atoms with Gasteiger partial charge in [0.25, 0.3) is 0 Å². The molecule has 0 spiro atoms. The molecule has 1 heteroatoms. The Morgan fingerprint density at radius 1 is 0.179 bits per heavy atom. The fraction of sp³-hybridized carbons (Fsp3) is 0.455. The first-order valence-corrected chi connectivity index (χ1v) is 21.0. The van der Waals surface area contributed by atoms with E-state index in [9.17, 15) is 0 Å². The summed E-state index contributed by atoms with van der Waals surface area (Å²) in [7, 11) is 0. The highest BCUT2D eigenvalue weighted by Gasteiger charge is 2.34. The smallest absolute Gasteiger partial charge is 0.0525 e. The third kappa shape index (κ3) is 6.10. The SMILES string of the molecule is Cc1c(C)c(C)c(C(c2c(C)c(C)c(C)c(C)c2C)c2c(C)c(C)c(N(c3c(C)c(C)c(C)c(C)c3C)c3c(C)c(C)c(C)c(C)c3C)c(C)c2C)c(C)c1C. The molecule has 5 aromatic carbocycles. The topological polar surface area (TPSA) is 3.24 Å². The molecule has 0 bridgehead atoms. The Morgan fingerprint density at radius 2 is 0.304 bits per heavy atom. The summed E-state index contributed by atoms with van der Waals surface area (Å²) >= 11 is 0. The zero-order chi connectivity index (χ0) is 42.5. The van der Waals surface area contributed by atoms with Gasteiger partial charge in [0.2, 0.25) is 0 Å². The summed E-state index contributed by atoms with van der Waals surface area (Å²) in [6.45, 7) is 56.5. The van der Waals surface area contributed by atoms with Crippen molar-refractivity contribution in [3.05, 3.63) is 150 Å². The lowest BCUT2D eigenvalue weighted by molar-refractivity contribution is 0.875. The van der Waals surface area contributed by atoms with Crippen molar-refractivity contribution in [2.75, 3.05) is 4.90 Å². The van der Waals surface area contributed by atoms with E-state index in [0.29, 0.717) is 0 Å². The zero-order valence-corrected chi connectivity index (χ0v) is 40.0. The van der Waals surface area contributed by atoms with E-state index in [1.165, 1.54) is 167 Å². The maximum Gasteiger partial charge on any atom is 0.0525 e. The fourth-order valence-electron chi connectivity index (χ4n) is 10.4. The summed E-state index contributed by atoms with van der Waals surface area (Å²) in [6, 6.07) is 0. The molecule has 5 aromatic rings. The number of rotatable bonds is 6. The summed E-state index contributed by atoms with van der Waals surface area (Å²) in [6.07, 6.45) is 0. The molecule has 0 fully saturated rings. The maximum atomic E-state index is 2.71. The van der Waals surface area contributed by atoms with Gasteiger partial charge in [-0.2, -0.15) is 0 Å². The number of hydrogen-bond donors (Lipinski definition) is 0. The van der Waals surface area contributed by atoms with Crippen molar-refractivity contribution in [2.24, 2.45) is 0 Å². The van der Waals surface area contributed by atoms with Gasteiger partial charge >= 0.3 is 0 Å². The van der Waals surface area contributed by atoms with Crippen LogP contribution >= 0.6 is 0 Å². The largest absolute Gasteiger partial charge is 0.309 e. The average molecular weight is 748 g/mol. The van der Waals surface area contributed by atoms with Gasteiger partial charge in [0.1, 0.15) is 0 Å². The standard InChI is InChI=1S/C55H73N/c1-25-29(5)37(13)49(38(14)30(25)6)52(50-39(15)31(7)26(2)32(8)40(50)16)51-41(17)47(23)55(48(24)42(51)18)56(53-43(19)33(9)27(3)34(10)44(53)20)54-45(21)35(11)28(4)36(12)46(54)22/h52H,1-24H3. The highest BCUT2D eigenvalue weighted by molar-refractivity contribution is 5.90. The highest BCUT2D eigenvalue weighted by Crippen LogP contribution is 2.52. The molecule has 0 radical (unpaired) electrons. The lowest BCUT2D eigenvalue weighted by Gasteiger charge is -2.39. The van der Waals surface area contributed by atoms with Crippen LogP contribution in [0.4, 0.5) is 17.1 Å². The highest BCUT2D eigenvalue weighted by atomic mass is 15.2. The van der Waals surface area contributed by atoms with Crippen molar-refractivity contribution in [2.45, 2.75) is 172 Å². The first-order chi connectivity index (χ1) is 25.9. The van der Waals surface area contributed by atoms with E-state index in [1.807, 2.05) is 0 Å². The Balaban J connectivity index is 2.07. The Labute approximate surface area is 343 Å². The van der Waals surface area contributed by atoms with Crippen molar-refractivity contribution in [3.8, 4) is 0 Å². The Kier molecular flexibility index (Phi) is 11.5. The van der Waals surface area contributed by atoms with Crippen molar-refractivity contribution >= 4 is 17.1 Å². The van der Waals surface area contributed by atoms with E-state index >= 15 is 0 Å². The van der Waals surface area contributed by atoms with Gasteiger partial charge in [-0.3, -0.25) is 0 Å². The van der Waals surface area contributed by atoms with E-state index in [-0.39, 0.29) is 5.92 Å². The van der Waals surface area contributed by atoms with Gasteiger partial charge in [-0.05, 0) is 316 Å².